The summed E-state index contributed by atoms with van der Waals surface area (Å²) >= 11 is 0. The highest BCUT2D eigenvalue weighted by Crippen LogP contribution is 2.11. The van der Waals surface area contributed by atoms with Crippen molar-refractivity contribution in [3.05, 3.63) is 60.3 Å². The first-order valence-corrected chi connectivity index (χ1v) is 6.29. The maximum Gasteiger partial charge on any atom is 0.271 e. The topological polar surface area (TPSA) is 83.3 Å². The number of H-pyrrole nitrogens is 1. The number of nitrogens with one attached hydrogen (secondary N) is 2. The molecule has 0 radical (unpaired) electrons. The van der Waals surface area contributed by atoms with Crippen molar-refractivity contribution in [1.29, 1.82) is 0 Å². The van der Waals surface area contributed by atoms with Crippen LogP contribution < -0.4 is 5.43 Å². The standard InChI is InChI=1S/C15H12N4O2/c20-15(11-5-6-13-14(9-11)17-10-16-13)19-18-7-1-3-12-4-2-8-21-12/h1-10H,(H,16,17)(H,19,20)/b3-1+,18-7-. The molecule has 2 heterocycles. The number of carbonyl (C=O) groups excluding carboxylic acids is 1. The van der Waals surface area contributed by atoms with Crippen LogP contribution >= 0.6 is 0 Å². The van der Waals surface area contributed by atoms with Crippen LogP contribution in [-0.2, 0) is 0 Å². The van der Waals surface area contributed by atoms with Crippen molar-refractivity contribution in [2.75, 3.05) is 0 Å². The van der Waals surface area contributed by atoms with E-state index < -0.39 is 0 Å². The zero-order valence-electron chi connectivity index (χ0n) is 11.0. The summed E-state index contributed by atoms with van der Waals surface area (Å²) in [5.74, 6) is 0.437. The molecule has 3 aromatic rings. The number of furan rings is 1. The van der Waals surface area contributed by atoms with Crippen LogP contribution in [0.2, 0.25) is 0 Å². The minimum atomic E-state index is -0.283. The van der Waals surface area contributed by atoms with Gasteiger partial charge in [0, 0.05) is 11.8 Å². The normalized spacial score (nSPS) is 11.6. The molecule has 0 spiro atoms. The summed E-state index contributed by atoms with van der Waals surface area (Å²) < 4.78 is 5.12. The van der Waals surface area contributed by atoms with E-state index in [9.17, 15) is 4.79 Å². The molecule has 0 unspecified atom stereocenters. The van der Waals surface area contributed by atoms with Crippen LogP contribution in [0.4, 0.5) is 0 Å². The number of hydrogen-bond acceptors (Lipinski definition) is 4. The molecule has 6 nitrogen and oxygen atoms in total. The first-order chi connectivity index (χ1) is 10.3. The third-order valence-corrected chi connectivity index (χ3v) is 2.81. The van der Waals surface area contributed by atoms with Gasteiger partial charge in [-0.05, 0) is 42.5 Å². The molecule has 0 aliphatic heterocycles. The Labute approximate surface area is 120 Å². The van der Waals surface area contributed by atoms with Crippen molar-refractivity contribution >= 4 is 29.2 Å². The quantitative estimate of drug-likeness (QED) is 0.569. The molecule has 2 aromatic heterocycles. The van der Waals surface area contributed by atoms with E-state index in [2.05, 4.69) is 20.5 Å². The minimum Gasteiger partial charge on any atom is -0.465 e. The SMILES string of the molecule is O=C(N/N=C\C=C\c1ccco1)c1ccc2nc[nH]c2c1. The number of benzene rings is 1. The monoisotopic (exact) mass is 280 g/mol. The van der Waals surface area contributed by atoms with Crippen molar-refractivity contribution in [3.8, 4) is 0 Å². The number of carbonyl (C=O) groups is 1. The lowest BCUT2D eigenvalue weighted by Crippen LogP contribution is -2.17. The van der Waals surface area contributed by atoms with Crippen LogP contribution in [0, 0.1) is 0 Å². The van der Waals surface area contributed by atoms with Crippen molar-refractivity contribution < 1.29 is 9.21 Å². The van der Waals surface area contributed by atoms with Crippen LogP contribution in [0.1, 0.15) is 16.1 Å². The van der Waals surface area contributed by atoms with Crippen molar-refractivity contribution in [3.63, 3.8) is 0 Å². The third-order valence-electron chi connectivity index (χ3n) is 2.81. The zero-order valence-corrected chi connectivity index (χ0v) is 11.0. The van der Waals surface area contributed by atoms with Crippen molar-refractivity contribution in [2.24, 2.45) is 5.10 Å². The first-order valence-electron chi connectivity index (χ1n) is 6.29. The summed E-state index contributed by atoms with van der Waals surface area (Å²) in [6.45, 7) is 0. The predicted molar refractivity (Wildman–Crippen MR) is 79.8 cm³/mol. The smallest absolute Gasteiger partial charge is 0.271 e. The Bertz CT molecular complexity index is 800. The number of imidazole rings is 1. The third kappa shape index (κ3) is 3.06. The van der Waals surface area contributed by atoms with Crippen LogP contribution in [0.15, 0.2) is 58.5 Å². The van der Waals surface area contributed by atoms with E-state index >= 15 is 0 Å². The van der Waals surface area contributed by atoms with Gasteiger partial charge in [0.25, 0.3) is 5.91 Å². The minimum absolute atomic E-state index is 0.283. The van der Waals surface area contributed by atoms with E-state index in [1.54, 1.807) is 49.0 Å². The van der Waals surface area contributed by atoms with Gasteiger partial charge in [0.2, 0.25) is 0 Å². The van der Waals surface area contributed by atoms with Crippen LogP contribution in [0.3, 0.4) is 0 Å². The molecule has 1 amide bonds. The summed E-state index contributed by atoms with van der Waals surface area (Å²) in [5.41, 5.74) is 4.59. The van der Waals surface area contributed by atoms with E-state index in [-0.39, 0.29) is 5.91 Å². The molecule has 6 heteroatoms. The number of aromatic nitrogens is 2. The fourth-order valence-corrected chi connectivity index (χ4v) is 1.80. The fraction of sp³-hybridized carbons (Fsp3) is 0. The molecule has 0 saturated carbocycles. The second kappa shape index (κ2) is 5.87. The van der Waals surface area contributed by atoms with Gasteiger partial charge in [0.15, 0.2) is 0 Å². The first kappa shape index (κ1) is 12.9. The number of aromatic amines is 1. The molecule has 3 rings (SSSR count). The highest BCUT2D eigenvalue weighted by molar-refractivity contribution is 5.97. The lowest BCUT2D eigenvalue weighted by Gasteiger charge is -1.98. The number of rotatable bonds is 4. The lowest BCUT2D eigenvalue weighted by atomic mass is 10.2. The number of amides is 1. The van der Waals surface area contributed by atoms with Gasteiger partial charge in [-0.25, -0.2) is 10.4 Å². The predicted octanol–water partition coefficient (Wildman–Crippen LogP) is 2.58. The number of allylic oxidation sites excluding steroid dienone is 1. The van der Waals surface area contributed by atoms with E-state index in [0.29, 0.717) is 5.56 Å². The van der Waals surface area contributed by atoms with E-state index in [1.807, 2.05) is 6.07 Å². The Morgan fingerprint density at radius 2 is 2.33 bits per heavy atom. The number of nitrogens with zero attached hydrogens (tertiary/aromatic N) is 2. The Hall–Kier alpha value is -3.15. The van der Waals surface area contributed by atoms with Gasteiger partial charge in [-0.3, -0.25) is 4.79 Å². The van der Waals surface area contributed by atoms with Gasteiger partial charge < -0.3 is 9.40 Å². The highest BCUT2D eigenvalue weighted by atomic mass is 16.3. The zero-order chi connectivity index (χ0) is 14.5. The maximum absolute atomic E-state index is 11.9. The molecular formula is C15H12N4O2. The van der Waals surface area contributed by atoms with Crippen LogP contribution in [-0.4, -0.2) is 22.1 Å². The largest absolute Gasteiger partial charge is 0.465 e. The number of fused-ring (bicyclic) bond motifs is 1. The van der Waals surface area contributed by atoms with Gasteiger partial charge in [-0.1, -0.05) is 0 Å². The van der Waals surface area contributed by atoms with Crippen molar-refractivity contribution in [1.82, 2.24) is 15.4 Å². The van der Waals surface area contributed by atoms with Crippen LogP contribution in [0.5, 0.6) is 0 Å². The Morgan fingerprint density at radius 1 is 1.38 bits per heavy atom. The van der Waals surface area contributed by atoms with Crippen molar-refractivity contribution in [2.45, 2.75) is 0 Å². The van der Waals surface area contributed by atoms with Gasteiger partial charge in [-0.15, -0.1) is 0 Å². The molecule has 2 N–H and O–H groups in total. The molecule has 0 aliphatic carbocycles. The van der Waals surface area contributed by atoms with Gasteiger partial charge in [-0.2, -0.15) is 5.10 Å². The molecule has 0 aliphatic rings. The number of hydrogen-bond donors (Lipinski definition) is 2. The van der Waals surface area contributed by atoms with E-state index in [4.69, 9.17) is 4.42 Å². The fourth-order valence-electron chi connectivity index (χ4n) is 1.80. The molecule has 0 fully saturated rings. The van der Waals surface area contributed by atoms with Gasteiger partial charge in [0.1, 0.15) is 5.76 Å². The summed E-state index contributed by atoms with van der Waals surface area (Å²) in [4.78, 5) is 19.0. The molecule has 104 valence electrons. The van der Waals surface area contributed by atoms with Gasteiger partial charge >= 0.3 is 0 Å². The summed E-state index contributed by atoms with van der Waals surface area (Å²) in [7, 11) is 0. The lowest BCUT2D eigenvalue weighted by molar-refractivity contribution is 0.0955. The summed E-state index contributed by atoms with van der Waals surface area (Å²) in [6, 6.07) is 8.83. The van der Waals surface area contributed by atoms with Crippen LogP contribution in [0.25, 0.3) is 17.1 Å². The Kier molecular flexibility index (Phi) is 3.60. The molecule has 0 atom stereocenters. The second-order valence-corrected chi connectivity index (χ2v) is 4.23. The molecule has 21 heavy (non-hydrogen) atoms. The molecule has 0 bridgehead atoms. The van der Waals surface area contributed by atoms with E-state index in [1.165, 1.54) is 6.21 Å². The van der Waals surface area contributed by atoms with E-state index in [0.717, 1.165) is 16.8 Å². The number of hydrazone groups is 1. The highest BCUT2D eigenvalue weighted by Gasteiger charge is 2.05. The summed E-state index contributed by atoms with van der Waals surface area (Å²) in [5, 5.41) is 3.84. The maximum atomic E-state index is 11.9. The second-order valence-electron chi connectivity index (χ2n) is 4.23. The Morgan fingerprint density at radius 3 is 3.19 bits per heavy atom. The van der Waals surface area contributed by atoms with Gasteiger partial charge in [0.05, 0.1) is 23.6 Å². The average molecular weight is 280 g/mol. The molecule has 1 aromatic carbocycles. The molecular weight excluding hydrogens is 268 g/mol. The summed E-state index contributed by atoms with van der Waals surface area (Å²) in [6.07, 6.45) is 8.08. The average Bonchev–Trinajstić information content (AvgIpc) is 3.17. The molecule has 0 saturated heterocycles. The Balaban J connectivity index is 1.60.